The first kappa shape index (κ1) is 18.3. The van der Waals surface area contributed by atoms with Gasteiger partial charge in [0.15, 0.2) is 5.69 Å². The summed E-state index contributed by atoms with van der Waals surface area (Å²) in [7, 11) is 1.74. The Morgan fingerprint density at radius 2 is 1.67 bits per heavy atom. The van der Waals surface area contributed by atoms with Crippen molar-refractivity contribution in [1.82, 2.24) is 30.4 Å². The van der Waals surface area contributed by atoms with Crippen LogP contribution in [0.3, 0.4) is 0 Å². The van der Waals surface area contributed by atoms with Crippen LogP contribution in [-0.4, -0.2) is 31.4 Å². The van der Waals surface area contributed by atoms with Crippen molar-refractivity contribution in [3.8, 4) is 0 Å². The summed E-state index contributed by atoms with van der Waals surface area (Å²) in [4.78, 5) is 37.4. The first-order valence-electron chi connectivity index (χ1n) is 8.45. The summed E-state index contributed by atoms with van der Waals surface area (Å²) < 4.78 is 2.81. The van der Waals surface area contributed by atoms with Gasteiger partial charge in [0, 0.05) is 24.7 Å². The third kappa shape index (κ3) is 3.19. The molecule has 2 aromatic heterocycles. The molecule has 27 heavy (non-hydrogen) atoms. The van der Waals surface area contributed by atoms with Crippen molar-refractivity contribution in [3.05, 3.63) is 57.3 Å². The molecule has 2 N–H and O–H groups in total. The third-order valence-electron chi connectivity index (χ3n) is 4.41. The van der Waals surface area contributed by atoms with Crippen LogP contribution in [0.25, 0.3) is 10.8 Å². The van der Waals surface area contributed by atoms with Crippen LogP contribution in [0.1, 0.15) is 39.2 Å². The van der Waals surface area contributed by atoms with E-state index in [1.807, 2.05) is 0 Å². The number of carbonyl (C=O) groups is 2. The molecule has 0 spiro atoms. The number of hydrogen-bond donors (Lipinski definition) is 2. The lowest BCUT2D eigenvalue weighted by atomic mass is 10.1. The maximum Gasteiger partial charge on any atom is 0.290 e. The van der Waals surface area contributed by atoms with Gasteiger partial charge in [-0.15, -0.1) is 0 Å². The van der Waals surface area contributed by atoms with Crippen LogP contribution >= 0.6 is 0 Å². The van der Waals surface area contributed by atoms with Crippen molar-refractivity contribution >= 4 is 22.6 Å². The lowest BCUT2D eigenvalue weighted by Gasteiger charge is -2.11. The maximum atomic E-state index is 12.6. The first-order valence-corrected chi connectivity index (χ1v) is 8.45. The van der Waals surface area contributed by atoms with Gasteiger partial charge in [-0.25, -0.2) is 4.68 Å². The zero-order chi connectivity index (χ0) is 19.7. The fraction of sp³-hybridized carbons (Fsp3) is 0.278. The number of nitrogens with one attached hydrogen (secondary N) is 2. The summed E-state index contributed by atoms with van der Waals surface area (Å²) in [5, 5.41) is 9.13. The summed E-state index contributed by atoms with van der Waals surface area (Å²) in [6.07, 6.45) is 0. The van der Waals surface area contributed by atoms with Crippen LogP contribution < -0.4 is 16.4 Å². The smallest absolute Gasteiger partial charge is 0.272 e. The lowest BCUT2D eigenvalue weighted by Crippen LogP contribution is -2.43. The van der Waals surface area contributed by atoms with E-state index in [0.717, 1.165) is 0 Å². The Hall–Kier alpha value is -3.49. The summed E-state index contributed by atoms with van der Waals surface area (Å²) in [5.74, 6) is -1.08. The fourth-order valence-corrected chi connectivity index (χ4v) is 2.95. The third-order valence-corrected chi connectivity index (χ3v) is 4.41. The second-order valence-corrected chi connectivity index (χ2v) is 6.09. The van der Waals surface area contributed by atoms with Crippen molar-refractivity contribution in [2.24, 2.45) is 7.05 Å². The molecule has 0 unspecified atom stereocenters. The van der Waals surface area contributed by atoms with Gasteiger partial charge in [-0.3, -0.25) is 29.9 Å². The van der Waals surface area contributed by atoms with Gasteiger partial charge in [-0.1, -0.05) is 18.2 Å². The monoisotopic (exact) mass is 368 g/mol. The molecule has 0 aliphatic carbocycles. The van der Waals surface area contributed by atoms with E-state index >= 15 is 0 Å². The molecule has 9 heteroatoms. The summed E-state index contributed by atoms with van der Waals surface area (Å²) in [5.41, 5.74) is 6.19. The van der Waals surface area contributed by atoms with Crippen LogP contribution in [0.15, 0.2) is 29.1 Å². The number of aryl methyl sites for hydroxylation is 3. The van der Waals surface area contributed by atoms with Crippen molar-refractivity contribution < 1.29 is 9.59 Å². The highest BCUT2D eigenvalue weighted by atomic mass is 16.2. The van der Waals surface area contributed by atoms with Gasteiger partial charge < -0.3 is 0 Å². The molecule has 0 aliphatic rings. The number of rotatable bonds is 3. The SMILES string of the molecule is CCn1nc(C(=O)NNC(=O)c2c(C)nn(C)c2C)c2ccccc2c1=O. The minimum Gasteiger partial charge on any atom is -0.272 e. The molecule has 0 bridgehead atoms. The molecule has 0 radical (unpaired) electrons. The summed E-state index contributed by atoms with van der Waals surface area (Å²) in [6.45, 7) is 5.57. The number of hydrogen-bond acceptors (Lipinski definition) is 5. The Balaban J connectivity index is 1.90. The van der Waals surface area contributed by atoms with Gasteiger partial charge in [-0.2, -0.15) is 10.2 Å². The molecule has 3 rings (SSSR count). The number of hydrazine groups is 1. The Labute approximate surface area is 155 Å². The summed E-state index contributed by atoms with van der Waals surface area (Å²) >= 11 is 0. The molecule has 0 fully saturated rings. The van der Waals surface area contributed by atoms with E-state index in [4.69, 9.17) is 0 Å². The highest BCUT2D eigenvalue weighted by Gasteiger charge is 2.20. The molecule has 0 atom stereocenters. The fourth-order valence-electron chi connectivity index (χ4n) is 2.95. The van der Waals surface area contributed by atoms with Crippen LogP contribution in [0.5, 0.6) is 0 Å². The normalized spacial score (nSPS) is 10.8. The highest BCUT2D eigenvalue weighted by molar-refractivity contribution is 6.06. The van der Waals surface area contributed by atoms with E-state index in [1.54, 1.807) is 56.8 Å². The second kappa shape index (κ2) is 7.02. The molecule has 2 heterocycles. The highest BCUT2D eigenvalue weighted by Crippen LogP contribution is 2.14. The van der Waals surface area contributed by atoms with Gasteiger partial charge in [-0.05, 0) is 26.8 Å². The molecule has 9 nitrogen and oxygen atoms in total. The van der Waals surface area contributed by atoms with E-state index in [2.05, 4.69) is 21.0 Å². The number of aromatic nitrogens is 4. The van der Waals surface area contributed by atoms with E-state index in [9.17, 15) is 14.4 Å². The van der Waals surface area contributed by atoms with Gasteiger partial charge in [0.1, 0.15) is 0 Å². The maximum absolute atomic E-state index is 12.6. The Kier molecular flexibility index (Phi) is 4.76. The number of fused-ring (bicyclic) bond motifs is 1. The molecule has 0 aliphatic heterocycles. The van der Waals surface area contributed by atoms with Crippen molar-refractivity contribution in [3.63, 3.8) is 0 Å². The predicted molar refractivity (Wildman–Crippen MR) is 99.3 cm³/mol. The molecule has 0 saturated carbocycles. The number of benzene rings is 1. The van der Waals surface area contributed by atoms with Gasteiger partial charge in [0.2, 0.25) is 0 Å². The van der Waals surface area contributed by atoms with Crippen molar-refractivity contribution in [2.45, 2.75) is 27.3 Å². The molecular formula is C18H20N6O3. The number of amides is 2. The van der Waals surface area contributed by atoms with E-state index < -0.39 is 11.8 Å². The molecule has 1 aromatic carbocycles. The van der Waals surface area contributed by atoms with E-state index in [1.165, 1.54) is 4.68 Å². The Bertz CT molecular complexity index is 1110. The first-order chi connectivity index (χ1) is 12.8. The quantitative estimate of drug-likeness (QED) is 0.666. The molecule has 0 saturated heterocycles. The van der Waals surface area contributed by atoms with Crippen LogP contribution in [0.2, 0.25) is 0 Å². The van der Waals surface area contributed by atoms with E-state index in [-0.39, 0.29) is 11.3 Å². The van der Waals surface area contributed by atoms with Crippen LogP contribution in [0.4, 0.5) is 0 Å². The molecule has 140 valence electrons. The van der Waals surface area contributed by atoms with Crippen LogP contribution in [0, 0.1) is 13.8 Å². The minimum absolute atomic E-state index is 0.0620. The number of nitrogens with zero attached hydrogens (tertiary/aromatic N) is 4. The van der Waals surface area contributed by atoms with Crippen molar-refractivity contribution in [2.75, 3.05) is 0 Å². The molecule has 2 amide bonds. The Morgan fingerprint density at radius 3 is 2.26 bits per heavy atom. The number of carbonyl (C=O) groups excluding carboxylic acids is 2. The lowest BCUT2D eigenvalue weighted by molar-refractivity contribution is 0.0843. The predicted octanol–water partition coefficient (Wildman–Crippen LogP) is 0.842. The average molecular weight is 368 g/mol. The average Bonchev–Trinajstić information content (AvgIpc) is 2.92. The topological polar surface area (TPSA) is 111 Å². The zero-order valence-electron chi connectivity index (χ0n) is 15.5. The summed E-state index contributed by atoms with van der Waals surface area (Å²) in [6, 6.07) is 6.73. The Morgan fingerprint density at radius 1 is 1.04 bits per heavy atom. The second-order valence-electron chi connectivity index (χ2n) is 6.09. The largest absolute Gasteiger partial charge is 0.290 e. The standard InChI is InChI=1S/C18H20N6O3/c1-5-24-18(27)13-9-7-6-8-12(13)15(22-24)17(26)20-19-16(25)14-10(2)21-23(4)11(14)3/h6-9H,5H2,1-4H3,(H,19,25)(H,20,26). The zero-order valence-corrected chi connectivity index (χ0v) is 15.5. The van der Waals surface area contributed by atoms with Gasteiger partial charge in [0.25, 0.3) is 17.4 Å². The van der Waals surface area contributed by atoms with Crippen LogP contribution in [-0.2, 0) is 13.6 Å². The van der Waals surface area contributed by atoms with Gasteiger partial charge in [0.05, 0.1) is 16.6 Å². The van der Waals surface area contributed by atoms with Gasteiger partial charge >= 0.3 is 0 Å². The van der Waals surface area contributed by atoms with E-state index in [0.29, 0.717) is 34.3 Å². The minimum atomic E-state index is -0.610. The molecule has 3 aromatic rings. The van der Waals surface area contributed by atoms with Crippen molar-refractivity contribution in [1.29, 1.82) is 0 Å². The molecular weight excluding hydrogens is 348 g/mol.